The molecule has 0 aliphatic carbocycles. The van der Waals surface area contributed by atoms with E-state index in [-0.39, 0.29) is 0 Å². The van der Waals surface area contributed by atoms with Gasteiger partial charge < -0.3 is 15.0 Å². The summed E-state index contributed by atoms with van der Waals surface area (Å²) in [4.78, 5) is 2.22. The number of rotatable bonds is 5. The lowest BCUT2D eigenvalue weighted by Crippen LogP contribution is -2.41. The molecule has 0 aromatic heterocycles. The van der Waals surface area contributed by atoms with E-state index in [1.807, 2.05) is 0 Å². The molecule has 3 nitrogen and oxygen atoms in total. The maximum absolute atomic E-state index is 5.80. The van der Waals surface area contributed by atoms with Crippen LogP contribution in [-0.2, 0) is 17.8 Å². The third-order valence-corrected chi connectivity index (χ3v) is 3.88. The summed E-state index contributed by atoms with van der Waals surface area (Å²) in [6.07, 6.45) is 2.96. The van der Waals surface area contributed by atoms with Crippen molar-refractivity contribution in [2.75, 3.05) is 14.1 Å². The SMILES string of the molecule is CC1CC(NCc2ccccc2CN(C)C)CC(C)O1. The van der Waals surface area contributed by atoms with Gasteiger partial charge in [0.1, 0.15) is 0 Å². The summed E-state index contributed by atoms with van der Waals surface area (Å²) in [7, 11) is 4.23. The summed E-state index contributed by atoms with van der Waals surface area (Å²) >= 11 is 0. The number of nitrogens with zero attached hydrogens (tertiary/aromatic N) is 1. The first-order chi connectivity index (χ1) is 9.54. The molecule has 0 saturated carbocycles. The van der Waals surface area contributed by atoms with Crippen LogP contribution in [0.3, 0.4) is 0 Å². The lowest BCUT2D eigenvalue weighted by molar-refractivity contribution is -0.0423. The zero-order valence-electron chi connectivity index (χ0n) is 13.2. The first kappa shape index (κ1) is 15.5. The minimum atomic E-state index is 0.369. The van der Waals surface area contributed by atoms with Gasteiger partial charge in [0.2, 0.25) is 0 Å². The molecule has 1 aromatic rings. The van der Waals surface area contributed by atoms with Gasteiger partial charge >= 0.3 is 0 Å². The second-order valence-corrected chi connectivity index (χ2v) is 6.31. The number of hydrogen-bond acceptors (Lipinski definition) is 3. The van der Waals surface area contributed by atoms with E-state index in [1.165, 1.54) is 11.1 Å². The fourth-order valence-corrected chi connectivity index (χ4v) is 3.05. The van der Waals surface area contributed by atoms with Crippen LogP contribution in [0.15, 0.2) is 24.3 Å². The Morgan fingerprint density at radius 3 is 2.30 bits per heavy atom. The topological polar surface area (TPSA) is 24.5 Å². The van der Waals surface area contributed by atoms with Gasteiger partial charge in [-0.05, 0) is 51.9 Å². The van der Waals surface area contributed by atoms with Gasteiger partial charge in [0.15, 0.2) is 0 Å². The standard InChI is InChI=1S/C17H28N2O/c1-13-9-17(10-14(2)20-13)18-11-15-7-5-6-8-16(15)12-19(3)4/h5-8,13-14,17-18H,9-12H2,1-4H3. The summed E-state index contributed by atoms with van der Waals surface area (Å²) < 4.78 is 5.80. The molecule has 112 valence electrons. The number of hydrogen-bond donors (Lipinski definition) is 1. The van der Waals surface area contributed by atoms with Crippen molar-refractivity contribution in [1.82, 2.24) is 10.2 Å². The summed E-state index contributed by atoms with van der Waals surface area (Å²) in [6.45, 7) is 6.29. The Labute approximate surface area is 123 Å². The van der Waals surface area contributed by atoms with Crippen molar-refractivity contribution in [3.8, 4) is 0 Å². The zero-order valence-corrected chi connectivity index (χ0v) is 13.2. The van der Waals surface area contributed by atoms with Gasteiger partial charge in [-0.15, -0.1) is 0 Å². The lowest BCUT2D eigenvalue weighted by Gasteiger charge is -2.33. The Morgan fingerprint density at radius 2 is 1.70 bits per heavy atom. The van der Waals surface area contributed by atoms with Crippen LogP contribution >= 0.6 is 0 Å². The zero-order chi connectivity index (χ0) is 14.5. The van der Waals surface area contributed by atoms with Gasteiger partial charge in [-0.25, -0.2) is 0 Å². The van der Waals surface area contributed by atoms with E-state index >= 15 is 0 Å². The Kier molecular flexibility index (Phi) is 5.58. The van der Waals surface area contributed by atoms with Crippen LogP contribution in [0, 0.1) is 0 Å². The highest BCUT2D eigenvalue weighted by Gasteiger charge is 2.23. The number of ether oxygens (including phenoxy) is 1. The van der Waals surface area contributed by atoms with Crippen LogP contribution in [-0.4, -0.2) is 37.2 Å². The van der Waals surface area contributed by atoms with E-state index < -0.39 is 0 Å². The maximum atomic E-state index is 5.80. The molecule has 1 aliphatic rings. The lowest BCUT2D eigenvalue weighted by atomic mass is 9.99. The molecular formula is C17H28N2O. The Hall–Kier alpha value is -0.900. The minimum absolute atomic E-state index is 0.369. The quantitative estimate of drug-likeness (QED) is 0.895. The highest BCUT2D eigenvalue weighted by Crippen LogP contribution is 2.20. The van der Waals surface area contributed by atoms with Crippen molar-refractivity contribution >= 4 is 0 Å². The van der Waals surface area contributed by atoms with Crippen molar-refractivity contribution in [2.45, 2.75) is 58.0 Å². The second-order valence-electron chi connectivity index (χ2n) is 6.31. The largest absolute Gasteiger partial charge is 0.375 e. The second kappa shape index (κ2) is 7.21. The highest BCUT2D eigenvalue weighted by molar-refractivity contribution is 5.27. The van der Waals surface area contributed by atoms with Crippen molar-refractivity contribution < 1.29 is 4.74 Å². The van der Waals surface area contributed by atoms with Gasteiger partial charge in [-0.1, -0.05) is 24.3 Å². The average molecular weight is 276 g/mol. The van der Waals surface area contributed by atoms with Crippen LogP contribution < -0.4 is 5.32 Å². The summed E-state index contributed by atoms with van der Waals surface area (Å²) in [5.74, 6) is 0. The fraction of sp³-hybridized carbons (Fsp3) is 0.647. The average Bonchev–Trinajstić information content (AvgIpc) is 2.36. The fourth-order valence-electron chi connectivity index (χ4n) is 3.05. The van der Waals surface area contributed by atoms with Gasteiger partial charge in [0.25, 0.3) is 0 Å². The molecular weight excluding hydrogens is 248 g/mol. The molecule has 1 heterocycles. The predicted octanol–water partition coefficient (Wildman–Crippen LogP) is 2.79. The number of benzene rings is 1. The summed E-state index contributed by atoms with van der Waals surface area (Å²) in [5.41, 5.74) is 2.83. The van der Waals surface area contributed by atoms with E-state index in [9.17, 15) is 0 Å². The summed E-state index contributed by atoms with van der Waals surface area (Å²) in [5, 5.41) is 3.71. The smallest absolute Gasteiger partial charge is 0.0565 e. The normalized spacial score (nSPS) is 26.9. The van der Waals surface area contributed by atoms with Crippen molar-refractivity contribution in [3.63, 3.8) is 0 Å². The van der Waals surface area contributed by atoms with Crippen LogP contribution in [0.4, 0.5) is 0 Å². The molecule has 2 unspecified atom stereocenters. The van der Waals surface area contributed by atoms with Crippen molar-refractivity contribution in [1.29, 1.82) is 0 Å². The van der Waals surface area contributed by atoms with Crippen LogP contribution in [0.2, 0.25) is 0 Å². The molecule has 1 saturated heterocycles. The molecule has 0 bridgehead atoms. The molecule has 1 fully saturated rings. The molecule has 1 aromatic carbocycles. The van der Waals surface area contributed by atoms with Crippen molar-refractivity contribution in [2.24, 2.45) is 0 Å². The molecule has 0 amide bonds. The van der Waals surface area contributed by atoms with E-state index in [2.05, 4.69) is 62.4 Å². The molecule has 1 aliphatic heterocycles. The molecule has 2 atom stereocenters. The molecule has 0 radical (unpaired) electrons. The Bertz CT molecular complexity index is 409. The van der Waals surface area contributed by atoms with Gasteiger partial charge in [-0.3, -0.25) is 0 Å². The molecule has 20 heavy (non-hydrogen) atoms. The first-order valence-electron chi connectivity index (χ1n) is 7.65. The van der Waals surface area contributed by atoms with Gasteiger partial charge in [0, 0.05) is 19.1 Å². The number of nitrogens with one attached hydrogen (secondary N) is 1. The molecule has 2 rings (SSSR count). The van der Waals surface area contributed by atoms with Crippen LogP contribution in [0.25, 0.3) is 0 Å². The molecule has 1 N–H and O–H groups in total. The Morgan fingerprint density at radius 1 is 1.10 bits per heavy atom. The third-order valence-electron chi connectivity index (χ3n) is 3.88. The van der Waals surface area contributed by atoms with Gasteiger partial charge in [0.05, 0.1) is 12.2 Å². The van der Waals surface area contributed by atoms with E-state index in [1.54, 1.807) is 0 Å². The maximum Gasteiger partial charge on any atom is 0.0565 e. The summed E-state index contributed by atoms with van der Waals surface area (Å²) in [6, 6.07) is 9.29. The van der Waals surface area contributed by atoms with Crippen LogP contribution in [0.1, 0.15) is 37.8 Å². The van der Waals surface area contributed by atoms with Gasteiger partial charge in [-0.2, -0.15) is 0 Å². The van der Waals surface area contributed by atoms with Crippen molar-refractivity contribution in [3.05, 3.63) is 35.4 Å². The third kappa shape index (κ3) is 4.58. The predicted molar refractivity (Wildman–Crippen MR) is 83.7 cm³/mol. The van der Waals surface area contributed by atoms with E-state index in [4.69, 9.17) is 4.74 Å². The molecule has 0 spiro atoms. The molecule has 3 heteroatoms. The van der Waals surface area contributed by atoms with E-state index in [0.29, 0.717) is 18.2 Å². The highest BCUT2D eigenvalue weighted by atomic mass is 16.5. The first-order valence-corrected chi connectivity index (χ1v) is 7.65. The Balaban J connectivity index is 1.93. The monoisotopic (exact) mass is 276 g/mol. The van der Waals surface area contributed by atoms with E-state index in [0.717, 1.165) is 25.9 Å². The van der Waals surface area contributed by atoms with Crippen LogP contribution in [0.5, 0.6) is 0 Å². The minimum Gasteiger partial charge on any atom is -0.375 e.